The first-order valence-electron chi connectivity index (χ1n) is 12.1. The summed E-state index contributed by atoms with van der Waals surface area (Å²) in [4.78, 5) is 17.7. The molecule has 0 aliphatic carbocycles. The van der Waals surface area contributed by atoms with E-state index in [1.165, 1.54) is 28.8 Å². The molecule has 4 aromatic rings. The van der Waals surface area contributed by atoms with Crippen molar-refractivity contribution >= 4 is 23.9 Å². The van der Waals surface area contributed by atoms with E-state index in [2.05, 4.69) is 17.2 Å². The fraction of sp³-hybridized carbons (Fsp3) is 0.250. The van der Waals surface area contributed by atoms with E-state index >= 15 is 0 Å². The van der Waals surface area contributed by atoms with Crippen molar-refractivity contribution in [3.8, 4) is 17.3 Å². The number of pyridine rings is 1. The SMILES string of the molecule is CCCCc1ccc(NC(=O)c2c(O)n(-c3ccc(F)cc3)c(=S)n2CCc2ccc(OC)cc2)nc1. The molecule has 0 saturated heterocycles. The molecule has 0 saturated carbocycles. The normalized spacial score (nSPS) is 10.9. The van der Waals surface area contributed by atoms with Crippen LogP contribution < -0.4 is 10.1 Å². The summed E-state index contributed by atoms with van der Waals surface area (Å²) in [5.41, 5.74) is 2.54. The van der Waals surface area contributed by atoms with Crippen molar-refractivity contribution in [3.63, 3.8) is 0 Å². The number of aryl methyl sites for hydroxylation is 2. The molecule has 7 nitrogen and oxygen atoms in total. The summed E-state index contributed by atoms with van der Waals surface area (Å²) < 4.78 is 21.9. The van der Waals surface area contributed by atoms with Crippen LogP contribution in [-0.4, -0.2) is 32.2 Å². The number of benzene rings is 2. The quantitative estimate of drug-likeness (QED) is 0.247. The number of amides is 1. The van der Waals surface area contributed by atoms with Gasteiger partial charge < -0.3 is 19.7 Å². The summed E-state index contributed by atoms with van der Waals surface area (Å²) in [7, 11) is 1.60. The summed E-state index contributed by atoms with van der Waals surface area (Å²) in [6.07, 6.45) is 5.36. The maximum absolute atomic E-state index is 13.5. The second kappa shape index (κ2) is 11.8. The van der Waals surface area contributed by atoms with Gasteiger partial charge in [0.15, 0.2) is 10.5 Å². The van der Waals surface area contributed by atoms with Gasteiger partial charge in [0.25, 0.3) is 5.91 Å². The maximum atomic E-state index is 13.5. The second-order valence-corrected chi connectivity index (χ2v) is 8.99. The first-order valence-corrected chi connectivity index (χ1v) is 12.5. The fourth-order valence-electron chi connectivity index (χ4n) is 4.02. The minimum atomic E-state index is -0.548. The van der Waals surface area contributed by atoms with E-state index in [1.54, 1.807) is 23.9 Å². The van der Waals surface area contributed by atoms with E-state index in [1.807, 2.05) is 30.3 Å². The van der Waals surface area contributed by atoms with E-state index < -0.39 is 11.7 Å². The average molecular weight is 521 g/mol. The number of hydrogen-bond acceptors (Lipinski definition) is 5. The van der Waals surface area contributed by atoms with Crippen LogP contribution in [0.4, 0.5) is 10.2 Å². The monoisotopic (exact) mass is 520 g/mol. The first-order chi connectivity index (χ1) is 17.9. The Morgan fingerprint density at radius 3 is 2.38 bits per heavy atom. The van der Waals surface area contributed by atoms with Crippen molar-refractivity contribution in [2.24, 2.45) is 0 Å². The number of nitrogens with zero attached hydrogens (tertiary/aromatic N) is 3. The molecule has 9 heteroatoms. The summed E-state index contributed by atoms with van der Waals surface area (Å²) in [6, 6.07) is 16.8. The van der Waals surface area contributed by atoms with Gasteiger partial charge in [0.05, 0.1) is 12.8 Å². The highest BCUT2D eigenvalue weighted by Gasteiger charge is 2.25. The van der Waals surface area contributed by atoms with Crippen LogP contribution in [0.5, 0.6) is 11.6 Å². The minimum absolute atomic E-state index is 0.000281. The molecule has 0 aliphatic rings. The zero-order valence-corrected chi connectivity index (χ0v) is 21.6. The molecule has 0 spiro atoms. The Balaban J connectivity index is 1.66. The number of carbonyl (C=O) groups is 1. The van der Waals surface area contributed by atoms with Gasteiger partial charge in [-0.25, -0.2) is 9.37 Å². The number of rotatable bonds is 10. The molecule has 0 radical (unpaired) electrons. The van der Waals surface area contributed by atoms with Gasteiger partial charge in [0.2, 0.25) is 5.88 Å². The third-order valence-electron chi connectivity index (χ3n) is 6.08. The third kappa shape index (κ3) is 6.06. The maximum Gasteiger partial charge on any atom is 0.279 e. The molecule has 0 atom stereocenters. The van der Waals surface area contributed by atoms with Gasteiger partial charge in [-0.3, -0.25) is 9.36 Å². The van der Waals surface area contributed by atoms with E-state index in [-0.39, 0.29) is 16.3 Å². The lowest BCUT2D eigenvalue weighted by Crippen LogP contribution is -2.18. The van der Waals surface area contributed by atoms with Crippen molar-refractivity contribution in [2.75, 3.05) is 12.4 Å². The Morgan fingerprint density at radius 1 is 1.05 bits per heavy atom. The molecule has 4 rings (SSSR count). The zero-order chi connectivity index (χ0) is 26.4. The van der Waals surface area contributed by atoms with Gasteiger partial charge in [-0.2, -0.15) is 0 Å². The molecule has 2 N–H and O–H groups in total. The van der Waals surface area contributed by atoms with Crippen LogP contribution in [-0.2, 0) is 19.4 Å². The number of halogens is 1. The molecule has 0 unspecified atom stereocenters. The predicted octanol–water partition coefficient (Wildman–Crippen LogP) is 6.09. The smallest absolute Gasteiger partial charge is 0.279 e. The number of ether oxygens (including phenoxy) is 1. The standard InChI is InChI=1S/C28H29FN4O3S/c1-3-4-5-20-8-15-24(30-18-20)31-26(34)25-27(35)33(22-11-9-21(29)10-12-22)28(37)32(25)17-16-19-6-13-23(36-2)14-7-19/h6-15,18,35H,3-5,16-17H2,1-2H3,(H,30,31,34). The lowest BCUT2D eigenvalue weighted by atomic mass is 10.1. The van der Waals surface area contributed by atoms with Gasteiger partial charge in [-0.15, -0.1) is 0 Å². The molecule has 0 bridgehead atoms. The van der Waals surface area contributed by atoms with Crippen LogP contribution >= 0.6 is 12.2 Å². The van der Waals surface area contributed by atoms with Crippen LogP contribution in [0.15, 0.2) is 66.9 Å². The number of aromatic hydroxyl groups is 1. The van der Waals surface area contributed by atoms with Crippen LogP contribution in [0.2, 0.25) is 0 Å². The molecule has 0 fully saturated rings. The number of unbranched alkanes of at least 4 members (excludes halogenated alkanes) is 1. The van der Waals surface area contributed by atoms with Crippen molar-refractivity contribution < 1.29 is 19.0 Å². The van der Waals surface area contributed by atoms with E-state index in [4.69, 9.17) is 17.0 Å². The van der Waals surface area contributed by atoms with E-state index in [0.29, 0.717) is 24.5 Å². The Labute approximate surface area is 220 Å². The number of methoxy groups -OCH3 is 1. The fourth-order valence-corrected chi connectivity index (χ4v) is 4.40. The lowest BCUT2D eigenvalue weighted by Gasteiger charge is -2.10. The Bertz CT molecular complexity index is 1410. The van der Waals surface area contributed by atoms with Gasteiger partial charge in [0.1, 0.15) is 17.4 Å². The Hall–Kier alpha value is -3.98. The number of carbonyl (C=O) groups excluding carboxylic acids is 1. The Kier molecular flexibility index (Phi) is 8.35. The summed E-state index contributed by atoms with van der Waals surface area (Å²) >= 11 is 5.67. The van der Waals surface area contributed by atoms with Crippen LogP contribution in [0.25, 0.3) is 5.69 Å². The molecule has 192 valence electrons. The lowest BCUT2D eigenvalue weighted by molar-refractivity contribution is 0.101. The van der Waals surface area contributed by atoms with Crippen molar-refractivity contribution in [3.05, 3.63) is 94.3 Å². The zero-order valence-electron chi connectivity index (χ0n) is 20.8. The summed E-state index contributed by atoms with van der Waals surface area (Å²) in [5.74, 6) is -0.183. The summed E-state index contributed by atoms with van der Waals surface area (Å²) in [5, 5.41) is 13.9. The van der Waals surface area contributed by atoms with Gasteiger partial charge in [0, 0.05) is 12.7 Å². The highest BCUT2D eigenvalue weighted by atomic mass is 32.1. The second-order valence-electron chi connectivity index (χ2n) is 8.63. The molecule has 2 aromatic carbocycles. The largest absolute Gasteiger partial charge is 0.497 e. The number of nitrogens with one attached hydrogen (secondary N) is 1. The van der Waals surface area contributed by atoms with Gasteiger partial charge in [-0.05, 0) is 85.1 Å². The first kappa shape index (κ1) is 26.1. The van der Waals surface area contributed by atoms with Crippen LogP contribution in [0.1, 0.15) is 41.4 Å². The van der Waals surface area contributed by atoms with Crippen molar-refractivity contribution in [2.45, 2.75) is 39.2 Å². The molecule has 1 amide bonds. The molecule has 2 aromatic heterocycles. The van der Waals surface area contributed by atoms with E-state index in [9.17, 15) is 14.3 Å². The number of hydrogen-bond donors (Lipinski definition) is 2. The number of anilines is 1. The topological polar surface area (TPSA) is 81.3 Å². The molecular weight excluding hydrogens is 491 g/mol. The average Bonchev–Trinajstić information content (AvgIpc) is 3.16. The predicted molar refractivity (Wildman–Crippen MR) is 144 cm³/mol. The minimum Gasteiger partial charge on any atom is -0.497 e. The van der Waals surface area contributed by atoms with Gasteiger partial charge in [-0.1, -0.05) is 31.5 Å². The number of imidazole rings is 1. The highest BCUT2D eigenvalue weighted by molar-refractivity contribution is 7.71. The van der Waals surface area contributed by atoms with Crippen LogP contribution in [0.3, 0.4) is 0 Å². The van der Waals surface area contributed by atoms with Crippen molar-refractivity contribution in [1.29, 1.82) is 0 Å². The molecule has 37 heavy (non-hydrogen) atoms. The summed E-state index contributed by atoms with van der Waals surface area (Å²) in [6.45, 7) is 2.46. The van der Waals surface area contributed by atoms with Gasteiger partial charge >= 0.3 is 0 Å². The molecule has 0 aliphatic heterocycles. The third-order valence-corrected chi connectivity index (χ3v) is 6.49. The molecule has 2 heterocycles. The van der Waals surface area contributed by atoms with E-state index in [0.717, 1.165) is 36.1 Å². The highest BCUT2D eigenvalue weighted by Crippen LogP contribution is 2.27. The number of aromatic nitrogens is 3. The molecular formula is C28H29FN4O3S. The van der Waals surface area contributed by atoms with Crippen molar-refractivity contribution in [1.82, 2.24) is 14.1 Å². The Morgan fingerprint density at radius 2 is 1.76 bits per heavy atom. The van der Waals surface area contributed by atoms with Crippen LogP contribution in [0, 0.1) is 10.6 Å².